The number of nitrogens with zero attached hydrogens (tertiary/aromatic N) is 3. The van der Waals surface area contributed by atoms with E-state index in [-0.39, 0.29) is 11.4 Å². The number of rotatable bonds is 6. The summed E-state index contributed by atoms with van der Waals surface area (Å²) < 4.78 is 30.0. The third-order valence-electron chi connectivity index (χ3n) is 5.41. The number of thiazole rings is 1. The number of carbonyl (C=O) groups is 1. The number of para-hydroxylation sites is 1. The van der Waals surface area contributed by atoms with E-state index in [0.29, 0.717) is 16.9 Å². The first-order valence-corrected chi connectivity index (χ1v) is 12.8. The summed E-state index contributed by atoms with van der Waals surface area (Å²) in [5, 5.41) is 0. The molecule has 0 spiro atoms. The van der Waals surface area contributed by atoms with E-state index < -0.39 is 15.9 Å². The third kappa shape index (κ3) is 4.73. The van der Waals surface area contributed by atoms with E-state index in [2.05, 4.69) is 10.9 Å². The fraction of sp³-hybridized carbons (Fsp3) is 0.154. The van der Waals surface area contributed by atoms with Gasteiger partial charge in [0.25, 0.3) is 5.91 Å². The Bertz CT molecular complexity index is 1560. The minimum absolute atomic E-state index is 0.113. The van der Waals surface area contributed by atoms with Crippen LogP contribution in [0.4, 0.5) is 0 Å². The molecule has 0 aliphatic heterocycles. The molecule has 0 bridgehead atoms. The number of terminal acetylenes is 1. The molecule has 1 aromatic heterocycles. The Morgan fingerprint density at radius 1 is 1.06 bits per heavy atom. The van der Waals surface area contributed by atoms with E-state index in [1.54, 1.807) is 0 Å². The van der Waals surface area contributed by atoms with Gasteiger partial charge in [0.15, 0.2) is 4.80 Å². The number of hydrogen-bond donors (Lipinski definition) is 0. The smallest absolute Gasteiger partial charge is 0.279 e. The van der Waals surface area contributed by atoms with Gasteiger partial charge in [0.1, 0.15) is 0 Å². The maximum atomic E-state index is 13.0. The number of aromatic nitrogens is 1. The molecule has 4 aromatic rings. The van der Waals surface area contributed by atoms with Crippen LogP contribution in [0.15, 0.2) is 82.7 Å². The second-order valence-corrected chi connectivity index (χ2v) is 10.8. The van der Waals surface area contributed by atoms with Crippen LogP contribution in [-0.4, -0.2) is 30.2 Å². The average Bonchev–Trinajstić information content (AvgIpc) is 3.18. The zero-order valence-corrected chi connectivity index (χ0v) is 20.4. The zero-order valence-electron chi connectivity index (χ0n) is 18.8. The van der Waals surface area contributed by atoms with Gasteiger partial charge in [-0.25, -0.2) is 8.42 Å². The molecule has 0 N–H and O–H groups in total. The molecule has 0 fully saturated rings. The quantitative estimate of drug-likeness (QED) is 0.381. The summed E-state index contributed by atoms with van der Waals surface area (Å²) in [6.07, 6.45) is 5.55. The Balaban J connectivity index is 1.62. The highest BCUT2D eigenvalue weighted by Crippen LogP contribution is 2.21. The summed E-state index contributed by atoms with van der Waals surface area (Å²) in [5.41, 5.74) is 3.19. The van der Waals surface area contributed by atoms with Crippen molar-refractivity contribution < 1.29 is 13.2 Å². The number of aryl methyl sites for hydroxylation is 1. The molecular weight excluding hydrogens is 466 g/mol. The lowest BCUT2D eigenvalue weighted by atomic mass is 10.2. The highest BCUT2D eigenvalue weighted by atomic mass is 32.2. The highest BCUT2D eigenvalue weighted by molar-refractivity contribution is 7.89. The Morgan fingerprint density at radius 2 is 1.76 bits per heavy atom. The lowest BCUT2D eigenvalue weighted by Gasteiger charge is -2.17. The van der Waals surface area contributed by atoms with Gasteiger partial charge < -0.3 is 4.57 Å². The lowest BCUT2D eigenvalue weighted by molar-refractivity contribution is 0.0998. The first-order chi connectivity index (χ1) is 16.3. The molecule has 4 rings (SSSR count). The van der Waals surface area contributed by atoms with Crippen molar-refractivity contribution in [1.29, 1.82) is 0 Å². The monoisotopic (exact) mass is 489 g/mol. The van der Waals surface area contributed by atoms with E-state index in [9.17, 15) is 13.2 Å². The van der Waals surface area contributed by atoms with Gasteiger partial charge in [0, 0.05) is 19.2 Å². The number of amides is 1. The number of fused-ring (bicyclic) bond motifs is 1. The van der Waals surface area contributed by atoms with E-state index in [1.807, 2.05) is 60.0 Å². The van der Waals surface area contributed by atoms with Crippen LogP contribution in [0.1, 0.15) is 21.5 Å². The summed E-state index contributed by atoms with van der Waals surface area (Å²) in [6, 6.07) is 21.1. The fourth-order valence-electron chi connectivity index (χ4n) is 3.66. The summed E-state index contributed by atoms with van der Waals surface area (Å²) in [4.78, 5) is 17.8. The number of sulfonamides is 1. The molecule has 172 valence electrons. The maximum absolute atomic E-state index is 13.0. The van der Waals surface area contributed by atoms with Crippen molar-refractivity contribution in [2.75, 3.05) is 7.05 Å². The van der Waals surface area contributed by atoms with Gasteiger partial charge in [0.2, 0.25) is 10.0 Å². The van der Waals surface area contributed by atoms with Crippen molar-refractivity contribution in [3.8, 4) is 12.3 Å². The number of benzene rings is 3. The Hall–Kier alpha value is -3.51. The Morgan fingerprint density at radius 3 is 2.44 bits per heavy atom. The Kier molecular flexibility index (Phi) is 6.80. The lowest BCUT2D eigenvalue weighted by Crippen LogP contribution is -2.26. The van der Waals surface area contributed by atoms with Crippen molar-refractivity contribution in [3.63, 3.8) is 0 Å². The molecule has 34 heavy (non-hydrogen) atoms. The molecule has 0 unspecified atom stereocenters. The number of carbonyl (C=O) groups excluding carboxylic acids is 1. The topological polar surface area (TPSA) is 71.7 Å². The summed E-state index contributed by atoms with van der Waals surface area (Å²) in [7, 11) is -2.18. The first-order valence-electron chi connectivity index (χ1n) is 10.5. The van der Waals surface area contributed by atoms with Crippen molar-refractivity contribution in [1.82, 2.24) is 8.87 Å². The second kappa shape index (κ2) is 9.77. The molecule has 0 aliphatic carbocycles. The van der Waals surface area contributed by atoms with Crippen molar-refractivity contribution in [2.45, 2.75) is 24.9 Å². The molecule has 3 aromatic carbocycles. The summed E-state index contributed by atoms with van der Waals surface area (Å²) in [5.74, 6) is 2.16. The van der Waals surface area contributed by atoms with Gasteiger partial charge in [-0.05, 0) is 48.4 Å². The van der Waals surface area contributed by atoms with Crippen molar-refractivity contribution in [2.24, 2.45) is 4.99 Å². The average molecular weight is 490 g/mol. The molecule has 0 atom stereocenters. The van der Waals surface area contributed by atoms with Crippen LogP contribution in [0.25, 0.3) is 10.2 Å². The molecular formula is C26H23N3O3S2. The molecule has 8 heteroatoms. The summed E-state index contributed by atoms with van der Waals surface area (Å²) in [6.45, 7) is 2.53. The van der Waals surface area contributed by atoms with Gasteiger partial charge >= 0.3 is 0 Å². The van der Waals surface area contributed by atoms with Gasteiger partial charge in [-0.2, -0.15) is 9.30 Å². The Labute approximate surface area is 202 Å². The van der Waals surface area contributed by atoms with E-state index in [0.717, 1.165) is 21.3 Å². The van der Waals surface area contributed by atoms with Crippen LogP contribution in [0.3, 0.4) is 0 Å². The fourth-order valence-corrected chi connectivity index (χ4v) is 5.92. The largest absolute Gasteiger partial charge is 0.304 e. The normalized spacial score (nSPS) is 12.2. The molecule has 0 radical (unpaired) electrons. The standard InChI is InChI=1S/C26H23N3O3S2/c1-4-17-29-24-19(2)9-8-12-23(24)33-26(29)27-25(30)21-13-15-22(16-14-21)34(31,32)28(3)18-20-10-6-5-7-11-20/h1,5-16H,17-18H2,2-3H3. The molecule has 1 amide bonds. The van der Waals surface area contributed by atoms with E-state index >= 15 is 0 Å². The molecule has 0 saturated carbocycles. The minimum atomic E-state index is -3.71. The van der Waals surface area contributed by atoms with Crippen LogP contribution in [0, 0.1) is 19.3 Å². The van der Waals surface area contributed by atoms with E-state index in [1.165, 1.54) is 47.0 Å². The van der Waals surface area contributed by atoms with Crippen LogP contribution in [0.2, 0.25) is 0 Å². The SMILES string of the molecule is C#CCn1c(=NC(=O)c2ccc(S(=O)(=O)N(C)Cc3ccccc3)cc2)sc2cccc(C)c21. The molecule has 1 heterocycles. The summed E-state index contributed by atoms with van der Waals surface area (Å²) >= 11 is 1.39. The van der Waals surface area contributed by atoms with Crippen LogP contribution < -0.4 is 4.80 Å². The van der Waals surface area contributed by atoms with Gasteiger partial charge in [0.05, 0.1) is 21.7 Å². The zero-order chi connectivity index (χ0) is 24.3. The molecule has 0 saturated heterocycles. The van der Waals surface area contributed by atoms with Crippen LogP contribution >= 0.6 is 11.3 Å². The first kappa shape index (κ1) is 23.6. The van der Waals surface area contributed by atoms with Crippen LogP contribution in [-0.2, 0) is 23.1 Å². The number of hydrogen-bond acceptors (Lipinski definition) is 4. The van der Waals surface area contributed by atoms with Crippen LogP contribution in [0.5, 0.6) is 0 Å². The predicted octanol–water partition coefficient (Wildman–Crippen LogP) is 4.21. The van der Waals surface area contributed by atoms with Crippen molar-refractivity contribution >= 4 is 37.5 Å². The predicted molar refractivity (Wildman–Crippen MR) is 135 cm³/mol. The highest BCUT2D eigenvalue weighted by Gasteiger charge is 2.21. The maximum Gasteiger partial charge on any atom is 0.279 e. The van der Waals surface area contributed by atoms with Gasteiger partial charge in [-0.3, -0.25) is 4.79 Å². The molecule has 0 aliphatic rings. The molecule has 6 nitrogen and oxygen atoms in total. The second-order valence-electron chi connectivity index (χ2n) is 7.78. The van der Waals surface area contributed by atoms with Gasteiger partial charge in [-0.1, -0.05) is 59.7 Å². The van der Waals surface area contributed by atoms with E-state index in [4.69, 9.17) is 6.42 Å². The van der Waals surface area contributed by atoms with Crippen molar-refractivity contribution in [3.05, 3.63) is 94.3 Å². The van der Waals surface area contributed by atoms with Gasteiger partial charge in [-0.15, -0.1) is 6.42 Å². The third-order valence-corrected chi connectivity index (χ3v) is 8.27. The minimum Gasteiger partial charge on any atom is -0.304 e.